The Morgan fingerprint density at radius 2 is 2.15 bits per heavy atom. The van der Waals surface area contributed by atoms with Gasteiger partial charge in [-0.2, -0.15) is 0 Å². The molecule has 1 N–H and O–H groups in total. The van der Waals surface area contributed by atoms with Gasteiger partial charge in [0.1, 0.15) is 18.1 Å². The van der Waals surface area contributed by atoms with E-state index in [1.54, 1.807) is 7.11 Å². The minimum atomic E-state index is 0.302. The summed E-state index contributed by atoms with van der Waals surface area (Å²) < 4.78 is 17.3. The Balaban J connectivity index is 1.81. The summed E-state index contributed by atoms with van der Waals surface area (Å²) in [6.45, 7) is 6.48. The van der Waals surface area contributed by atoms with Crippen molar-refractivity contribution in [2.45, 2.75) is 64.9 Å². The highest BCUT2D eigenvalue weighted by Crippen LogP contribution is 2.24. The maximum atomic E-state index is 5.98. The zero-order chi connectivity index (χ0) is 14.4. The zero-order valence-electron chi connectivity index (χ0n) is 12.9. The van der Waals surface area contributed by atoms with Gasteiger partial charge in [-0.3, -0.25) is 0 Å². The first-order chi connectivity index (χ1) is 9.72. The van der Waals surface area contributed by atoms with E-state index in [-0.39, 0.29) is 0 Å². The Labute approximate surface area is 121 Å². The lowest BCUT2D eigenvalue weighted by atomic mass is 9.95. The molecule has 0 aromatic carbocycles. The molecule has 114 valence electrons. The molecular formula is C16H27NO3. The van der Waals surface area contributed by atoms with Gasteiger partial charge < -0.3 is 19.2 Å². The molecular weight excluding hydrogens is 254 g/mol. The van der Waals surface area contributed by atoms with Crippen LogP contribution < -0.4 is 5.32 Å². The van der Waals surface area contributed by atoms with Gasteiger partial charge in [-0.15, -0.1) is 0 Å². The third kappa shape index (κ3) is 4.33. The van der Waals surface area contributed by atoms with Crippen molar-refractivity contribution in [3.05, 3.63) is 23.2 Å². The van der Waals surface area contributed by atoms with Crippen LogP contribution in [0.1, 0.15) is 49.7 Å². The van der Waals surface area contributed by atoms with Crippen molar-refractivity contribution in [1.82, 2.24) is 5.32 Å². The molecule has 0 saturated heterocycles. The molecule has 1 fully saturated rings. The fraction of sp³-hybridized carbons (Fsp3) is 0.750. The molecule has 0 bridgehead atoms. The van der Waals surface area contributed by atoms with E-state index >= 15 is 0 Å². The number of hydrogen-bond acceptors (Lipinski definition) is 4. The van der Waals surface area contributed by atoms with Gasteiger partial charge in [0, 0.05) is 7.11 Å². The van der Waals surface area contributed by atoms with Crippen LogP contribution in [0.25, 0.3) is 0 Å². The van der Waals surface area contributed by atoms with E-state index in [4.69, 9.17) is 13.9 Å². The number of furan rings is 1. The molecule has 0 amide bonds. The lowest BCUT2D eigenvalue weighted by Gasteiger charge is -2.27. The van der Waals surface area contributed by atoms with Crippen molar-refractivity contribution >= 4 is 0 Å². The van der Waals surface area contributed by atoms with Crippen molar-refractivity contribution in [2.75, 3.05) is 13.7 Å². The maximum absolute atomic E-state index is 5.98. The van der Waals surface area contributed by atoms with Crippen LogP contribution in [0, 0.1) is 6.92 Å². The number of nitrogens with one attached hydrogen (secondary N) is 1. The lowest BCUT2D eigenvalue weighted by Crippen LogP contribution is -2.27. The first-order valence-electron chi connectivity index (χ1n) is 7.66. The van der Waals surface area contributed by atoms with Crippen LogP contribution in [0.15, 0.2) is 10.5 Å². The van der Waals surface area contributed by atoms with Gasteiger partial charge in [-0.25, -0.2) is 0 Å². The molecule has 1 aromatic heterocycles. The molecule has 2 atom stereocenters. The van der Waals surface area contributed by atoms with Crippen molar-refractivity contribution in [3.63, 3.8) is 0 Å². The number of hydrogen-bond donors (Lipinski definition) is 1. The molecule has 20 heavy (non-hydrogen) atoms. The summed E-state index contributed by atoms with van der Waals surface area (Å²) in [6.07, 6.45) is 5.13. The molecule has 0 spiro atoms. The molecule has 1 aliphatic carbocycles. The number of ether oxygens (including phenoxy) is 2. The van der Waals surface area contributed by atoms with Crippen LogP contribution >= 0.6 is 0 Å². The molecule has 1 aromatic rings. The second kappa shape index (κ2) is 7.81. The predicted octanol–water partition coefficient (Wildman–Crippen LogP) is 3.17. The lowest BCUT2D eigenvalue weighted by molar-refractivity contribution is -0.0407. The van der Waals surface area contributed by atoms with Crippen LogP contribution in [-0.4, -0.2) is 25.9 Å². The van der Waals surface area contributed by atoms with Gasteiger partial charge in [0.15, 0.2) is 0 Å². The highest BCUT2D eigenvalue weighted by atomic mass is 16.5. The quantitative estimate of drug-likeness (QED) is 0.833. The summed E-state index contributed by atoms with van der Waals surface area (Å²) in [5.41, 5.74) is 1.20. The van der Waals surface area contributed by atoms with Gasteiger partial charge in [0.25, 0.3) is 0 Å². The molecule has 4 nitrogen and oxygen atoms in total. The van der Waals surface area contributed by atoms with Crippen LogP contribution in [-0.2, 0) is 22.6 Å². The minimum Gasteiger partial charge on any atom is -0.462 e. The van der Waals surface area contributed by atoms with E-state index in [1.165, 1.54) is 12.0 Å². The summed E-state index contributed by atoms with van der Waals surface area (Å²) in [7, 11) is 1.79. The highest BCUT2D eigenvalue weighted by molar-refractivity contribution is 5.19. The van der Waals surface area contributed by atoms with E-state index in [0.29, 0.717) is 18.8 Å². The van der Waals surface area contributed by atoms with Crippen molar-refractivity contribution < 1.29 is 13.9 Å². The minimum absolute atomic E-state index is 0.302. The summed E-state index contributed by atoms with van der Waals surface area (Å²) >= 11 is 0. The van der Waals surface area contributed by atoms with Crippen LogP contribution in [0.2, 0.25) is 0 Å². The maximum Gasteiger partial charge on any atom is 0.130 e. The van der Waals surface area contributed by atoms with Crippen molar-refractivity contribution in [3.8, 4) is 0 Å². The zero-order valence-corrected chi connectivity index (χ0v) is 12.9. The summed E-state index contributed by atoms with van der Waals surface area (Å²) in [5, 5.41) is 3.29. The third-order valence-corrected chi connectivity index (χ3v) is 3.98. The van der Waals surface area contributed by atoms with Gasteiger partial charge in [-0.05, 0) is 50.8 Å². The van der Waals surface area contributed by atoms with E-state index in [0.717, 1.165) is 43.9 Å². The number of rotatable bonds is 7. The number of methoxy groups -OCH3 is 1. The molecule has 4 heteroatoms. The van der Waals surface area contributed by atoms with Crippen LogP contribution in [0.4, 0.5) is 0 Å². The summed E-state index contributed by atoms with van der Waals surface area (Å²) in [6, 6.07) is 2.09. The standard InChI is InChI=1S/C16H27NO3/c1-4-17-10-16-12(2)8-15(20-16)11-19-14-7-5-6-13(9-14)18-3/h8,13-14,17H,4-7,9-11H2,1-3H3. The first kappa shape index (κ1) is 15.5. The summed E-state index contributed by atoms with van der Waals surface area (Å²) in [4.78, 5) is 0. The van der Waals surface area contributed by atoms with Gasteiger partial charge >= 0.3 is 0 Å². The molecule has 0 radical (unpaired) electrons. The monoisotopic (exact) mass is 281 g/mol. The van der Waals surface area contributed by atoms with Gasteiger partial charge in [0.05, 0.1) is 18.8 Å². The van der Waals surface area contributed by atoms with Crippen LogP contribution in [0.3, 0.4) is 0 Å². The first-order valence-corrected chi connectivity index (χ1v) is 7.66. The highest BCUT2D eigenvalue weighted by Gasteiger charge is 2.22. The molecule has 1 aliphatic rings. The smallest absolute Gasteiger partial charge is 0.130 e. The van der Waals surface area contributed by atoms with Gasteiger partial charge in [-0.1, -0.05) is 6.92 Å². The van der Waals surface area contributed by atoms with Gasteiger partial charge in [0.2, 0.25) is 0 Å². The van der Waals surface area contributed by atoms with E-state index in [9.17, 15) is 0 Å². The molecule has 1 heterocycles. The van der Waals surface area contributed by atoms with E-state index in [1.807, 2.05) is 0 Å². The molecule has 2 rings (SSSR count). The largest absolute Gasteiger partial charge is 0.462 e. The predicted molar refractivity (Wildman–Crippen MR) is 78.7 cm³/mol. The normalized spacial score (nSPS) is 23.1. The Hall–Kier alpha value is -0.840. The Morgan fingerprint density at radius 1 is 1.35 bits per heavy atom. The average molecular weight is 281 g/mol. The third-order valence-electron chi connectivity index (χ3n) is 3.98. The average Bonchev–Trinajstić information content (AvgIpc) is 2.83. The molecule has 0 aliphatic heterocycles. The van der Waals surface area contributed by atoms with Crippen molar-refractivity contribution in [2.24, 2.45) is 0 Å². The van der Waals surface area contributed by atoms with E-state index in [2.05, 4.69) is 25.2 Å². The SMILES string of the molecule is CCNCc1oc(COC2CCCC(OC)C2)cc1C. The fourth-order valence-corrected chi connectivity index (χ4v) is 2.74. The molecule has 1 saturated carbocycles. The topological polar surface area (TPSA) is 43.6 Å². The summed E-state index contributed by atoms with van der Waals surface area (Å²) in [5.74, 6) is 1.94. The Kier molecular flexibility index (Phi) is 6.07. The second-order valence-corrected chi connectivity index (χ2v) is 5.56. The Bertz CT molecular complexity index is 402. The van der Waals surface area contributed by atoms with E-state index < -0.39 is 0 Å². The van der Waals surface area contributed by atoms with Crippen molar-refractivity contribution in [1.29, 1.82) is 0 Å². The van der Waals surface area contributed by atoms with Crippen LogP contribution in [0.5, 0.6) is 0 Å². The number of aryl methyl sites for hydroxylation is 1. The fourth-order valence-electron chi connectivity index (χ4n) is 2.74. The second-order valence-electron chi connectivity index (χ2n) is 5.56. The Morgan fingerprint density at radius 3 is 2.90 bits per heavy atom. The molecule has 2 unspecified atom stereocenters.